The summed E-state index contributed by atoms with van der Waals surface area (Å²) in [5.41, 5.74) is 16.0. The summed E-state index contributed by atoms with van der Waals surface area (Å²) < 4.78 is 0. The minimum absolute atomic E-state index is 0.0519. The van der Waals surface area contributed by atoms with Crippen LogP contribution in [0.2, 0.25) is 0 Å². The summed E-state index contributed by atoms with van der Waals surface area (Å²) in [7, 11) is 0. The van der Waals surface area contributed by atoms with Crippen molar-refractivity contribution in [3.8, 4) is 44.5 Å². The van der Waals surface area contributed by atoms with Gasteiger partial charge in [-0.1, -0.05) is 190 Å². The van der Waals surface area contributed by atoms with Gasteiger partial charge in [-0.05, 0) is 147 Å². The molecular formula is C61H43N. The van der Waals surface area contributed by atoms with Gasteiger partial charge in [-0.3, -0.25) is 0 Å². The fourth-order valence-electron chi connectivity index (χ4n) is 10.3. The van der Waals surface area contributed by atoms with Crippen LogP contribution in [0.4, 0.5) is 17.1 Å². The van der Waals surface area contributed by atoms with Crippen LogP contribution in [0, 0.1) is 0 Å². The SMILES string of the molecule is CC1(C)c2ccccc2-c2ccc(-c3ccc(N(c4cccc(-c5cccc(-c6cccc7ccccc67)c5)c4)c4ccc5c6ccccc6c6ccccc6c5c4)cc3)cc21. The van der Waals surface area contributed by atoms with Crippen molar-refractivity contribution in [1.29, 1.82) is 0 Å². The zero-order chi connectivity index (χ0) is 41.4. The number of anilines is 3. The lowest BCUT2D eigenvalue weighted by atomic mass is 9.81. The lowest BCUT2D eigenvalue weighted by Gasteiger charge is -2.27. The van der Waals surface area contributed by atoms with Crippen molar-refractivity contribution in [3.63, 3.8) is 0 Å². The number of hydrogen-bond donors (Lipinski definition) is 0. The normalized spacial score (nSPS) is 12.8. The van der Waals surface area contributed by atoms with Gasteiger partial charge in [-0.15, -0.1) is 0 Å². The fraction of sp³-hybridized carbons (Fsp3) is 0.0492. The van der Waals surface area contributed by atoms with Crippen molar-refractivity contribution in [1.82, 2.24) is 0 Å². The molecule has 0 N–H and O–H groups in total. The molecular weight excluding hydrogens is 747 g/mol. The topological polar surface area (TPSA) is 3.24 Å². The molecule has 292 valence electrons. The molecule has 1 aliphatic rings. The van der Waals surface area contributed by atoms with E-state index in [-0.39, 0.29) is 5.41 Å². The Labute approximate surface area is 362 Å². The molecule has 1 heteroatoms. The Kier molecular flexibility index (Phi) is 8.27. The van der Waals surface area contributed by atoms with Crippen molar-refractivity contribution >= 4 is 60.2 Å². The van der Waals surface area contributed by atoms with Gasteiger partial charge in [0, 0.05) is 22.5 Å². The highest BCUT2D eigenvalue weighted by Gasteiger charge is 2.35. The molecule has 11 aromatic rings. The Hall–Kier alpha value is -7.74. The molecule has 0 spiro atoms. The first kappa shape index (κ1) is 36.1. The van der Waals surface area contributed by atoms with Gasteiger partial charge in [-0.25, -0.2) is 0 Å². The van der Waals surface area contributed by atoms with E-state index >= 15 is 0 Å². The van der Waals surface area contributed by atoms with Gasteiger partial charge in [0.05, 0.1) is 0 Å². The van der Waals surface area contributed by atoms with Crippen molar-refractivity contribution in [3.05, 3.63) is 236 Å². The quantitative estimate of drug-likeness (QED) is 0.152. The molecule has 0 heterocycles. The first-order valence-corrected chi connectivity index (χ1v) is 21.7. The van der Waals surface area contributed by atoms with Gasteiger partial charge >= 0.3 is 0 Å². The Bertz CT molecular complexity index is 3510. The summed E-state index contributed by atoms with van der Waals surface area (Å²) >= 11 is 0. The molecule has 0 radical (unpaired) electrons. The van der Waals surface area contributed by atoms with Gasteiger partial charge in [0.2, 0.25) is 0 Å². The summed E-state index contributed by atoms with van der Waals surface area (Å²) in [4.78, 5) is 2.42. The van der Waals surface area contributed by atoms with E-state index in [0.29, 0.717) is 0 Å². The van der Waals surface area contributed by atoms with E-state index in [1.54, 1.807) is 0 Å². The average molecular weight is 790 g/mol. The van der Waals surface area contributed by atoms with E-state index in [1.165, 1.54) is 98.7 Å². The third-order valence-corrected chi connectivity index (χ3v) is 13.4. The van der Waals surface area contributed by atoms with Crippen molar-refractivity contribution in [2.24, 2.45) is 0 Å². The van der Waals surface area contributed by atoms with Gasteiger partial charge in [0.1, 0.15) is 0 Å². The number of rotatable bonds is 6. The lowest BCUT2D eigenvalue weighted by Crippen LogP contribution is -2.14. The molecule has 0 fully saturated rings. The molecule has 0 saturated heterocycles. The Morgan fingerprint density at radius 1 is 0.274 bits per heavy atom. The van der Waals surface area contributed by atoms with Crippen LogP contribution in [0.15, 0.2) is 224 Å². The standard InChI is InChI=1S/C61H43N/c1-61(2)59-27-10-9-25-56(59)57-34-30-44(38-60(57)61)40-28-31-46(32-29-40)62(48-33-35-55-53-23-6-5-21-51(53)52-22-7-8-24-54(52)58(55)39-48)47-19-12-17-43(37-47)42-16-11-18-45(36-42)50-26-13-15-41-14-3-4-20-49(41)50/h3-39H,1-2H3. The highest BCUT2D eigenvalue weighted by molar-refractivity contribution is 6.25. The van der Waals surface area contributed by atoms with Gasteiger partial charge in [0.15, 0.2) is 0 Å². The summed E-state index contributed by atoms with van der Waals surface area (Å²) in [5.74, 6) is 0. The van der Waals surface area contributed by atoms with Crippen molar-refractivity contribution < 1.29 is 0 Å². The zero-order valence-electron chi connectivity index (χ0n) is 34.8. The first-order valence-electron chi connectivity index (χ1n) is 21.7. The van der Waals surface area contributed by atoms with Crippen molar-refractivity contribution in [2.45, 2.75) is 19.3 Å². The van der Waals surface area contributed by atoms with Gasteiger partial charge < -0.3 is 4.90 Å². The second-order valence-corrected chi connectivity index (χ2v) is 17.3. The smallest absolute Gasteiger partial charge is 0.0468 e. The molecule has 0 unspecified atom stereocenters. The Balaban J connectivity index is 0.996. The molecule has 1 aliphatic carbocycles. The van der Waals surface area contributed by atoms with Crippen LogP contribution in [0.3, 0.4) is 0 Å². The predicted octanol–water partition coefficient (Wildman–Crippen LogP) is 17.1. The van der Waals surface area contributed by atoms with Crippen LogP contribution < -0.4 is 4.90 Å². The summed E-state index contributed by atoms with van der Waals surface area (Å²) in [6.07, 6.45) is 0. The number of benzene rings is 11. The minimum atomic E-state index is -0.0519. The second-order valence-electron chi connectivity index (χ2n) is 17.3. The molecule has 0 saturated carbocycles. The van der Waals surface area contributed by atoms with E-state index in [2.05, 4.69) is 243 Å². The molecule has 62 heavy (non-hydrogen) atoms. The first-order chi connectivity index (χ1) is 30.5. The van der Waals surface area contributed by atoms with Crippen LogP contribution >= 0.6 is 0 Å². The maximum atomic E-state index is 2.42. The fourth-order valence-corrected chi connectivity index (χ4v) is 10.3. The van der Waals surface area contributed by atoms with Gasteiger partial charge in [-0.2, -0.15) is 0 Å². The highest BCUT2D eigenvalue weighted by Crippen LogP contribution is 2.50. The largest absolute Gasteiger partial charge is 0.310 e. The average Bonchev–Trinajstić information content (AvgIpc) is 3.57. The molecule has 11 aromatic carbocycles. The predicted molar refractivity (Wildman–Crippen MR) is 265 cm³/mol. The Morgan fingerprint density at radius 3 is 1.55 bits per heavy atom. The van der Waals surface area contributed by atoms with E-state index < -0.39 is 0 Å². The third-order valence-electron chi connectivity index (χ3n) is 13.4. The monoisotopic (exact) mass is 789 g/mol. The van der Waals surface area contributed by atoms with E-state index in [9.17, 15) is 0 Å². The maximum Gasteiger partial charge on any atom is 0.0468 e. The Morgan fingerprint density at radius 2 is 0.774 bits per heavy atom. The van der Waals surface area contributed by atoms with Crippen LogP contribution in [-0.2, 0) is 5.41 Å². The minimum Gasteiger partial charge on any atom is -0.310 e. The van der Waals surface area contributed by atoms with Crippen LogP contribution in [0.5, 0.6) is 0 Å². The molecule has 12 rings (SSSR count). The number of hydrogen-bond acceptors (Lipinski definition) is 1. The number of fused-ring (bicyclic) bond motifs is 10. The molecule has 1 nitrogen and oxygen atoms in total. The van der Waals surface area contributed by atoms with Crippen LogP contribution in [-0.4, -0.2) is 0 Å². The summed E-state index contributed by atoms with van der Waals surface area (Å²) in [6.45, 7) is 4.71. The molecule has 0 aliphatic heterocycles. The molecule has 0 amide bonds. The highest BCUT2D eigenvalue weighted by atomic mass is 15.1. The van der Waals surface area contributed by atoms with Crippen LogP contribution in [0.1, 0.15) is 25.0 Å². The second kappa shape index (κ2) is 14.2. The van der Waals surface area contributed by atoms with E-state index in [0.717, 1.165) is 17.1 Å². The lowest BCUT2D eigenvalue weighted by molar-refractivity contribution is 0.660. The molecule has 0 bridgehead atoms. The van der Waals surface area contributed by atoms with Crippen LogP contribution in [0.25, 0.3) is 87.6 Å². The molecule has 0 aromatic heterocycles. The molecule has 0 atom stereocenters. The summed E-state index contributed by atoms with van der Waals surface area (Å²) in [6, 6.07) is 83.0. The van der Waals surface area contributed by atoms with Gasteiger partial charge in [0.25, 0.3) is 0 Å². The van der Waals surface area contributed by atoms with E-state index in [4.69, 9.17) is 0 Å². The number of nitrogens with zero attached hydrogens (tertiary/aromatic N) is 1. The van der Waals surface area contributed by atoms with Crippen molar-refractivity contribution in [2.75, 3.05) is 4.90 Å². The maximum absolute atomic E-state index is 2.42. The third kappa shape index (κ3) is 5.77. The summed E-state index contributed by atoms with van der Waals surface area (Å²) in [5, 5.41) is 10.1. The van der Waals surface area contributed by atoms with E-state index in [1.807, 2.05) is 0 Å². The zero-order valence-corrected chi connectivity index (χ0v) is 34.8.